The van der Waals surface area contributed by atoms with E-state index in [-0.39, 0.29) is 54.5 Å². The maximum Gasteiger partial charge on any atom is 0.246 e. The summed E-state index contributed by atoms with van der Waals surface area (Å²) in [6.07, 6.45) is 1.67. The van der Waals surface area contributed by atoms with Crippen molar-refractivity contribution in [3.63, 3.8) is 0 Å². The van der Waals surface area contributed by atoms with E-state index in [1.54, 1.807) is 27.7 Å². The molecule has 1 aliphatic heterocycles. The molecule has 1 unspecified atom stereocenters. The average molecular weight is 723 g/mol. The number of halogens is 2. The van der Waals surface area contributed by atoms with Crippen LogP contribution < -0.4 is 5.32 Å². The zero-order valence-corrected chi connectivity index (χ0v) is 31.0. The second-order valence-electron chi connectivity index (χ2n) is 16.0. The first kappa shape index (κ1) is 40.5. The van der Waals surface area contributed by atoms with Gasteiger partial charge in [0.2, 0.25) is 24.0 Å². The Morgan fingerprint density at radius 2 is 1.63 bits per heavy atom. The quantitative estimate of drug-likeness (QED) is 0.154. The molecule has 12 heteroatoms. The number of nitrogens with one attached hydrogen (secondary N) is 1. The van der Waals surface area contributed by atoms with E-state index < -0.39 is 77.8 Å². The molecule has 0 spiro atoms. The number of benzene rings is 1. The summed E-state index contributed by atoms with van der Waals surface area (Å²) in [7, 11) is 0. The number of likely N-dealkylation sites (tertiary alicyclic amines) is 1. The van der Waals surface area contributed by atoms with Crippen molar-refractivity contribution in [2.45, 2.75) is 111 Å². The Labute approximate surface area is 304 Å². The third kappa shape index (κ3) is 10.0. The minimum Gasteiger partial charge on any atom is -0.344 e. The van der Waals surface area contributed by atoms with Gasteiger partial charge in [-0.1, -0.05) is 78.3 Å². The summed E-state index contributed by atoms with van der Waals surface area (Å²) in [6.45, 7) is 11.0. The number of alkyl halides is 2. The molecule has 0 radical (unpaired) electrons. The second-order valence-corrected chi connectivity index (χ2v) is 16.0. The van der Waals surface area contributed by atoms with Gasteiger partial charge in [0, 0.05) is 56.5 Å². The summed E-state index contributed by atoms with van der Waals surface area (Å²) in [5, 5.41) is 2.90. The molecule has 52 heavy (non-hydrogen) atoms. The molecule has 2 aromatic rings. The number of carbonyl (C=O) groups is 6. The Hall–Kier alpha value is -4.22. The molecule has 1 aromatic heterocycles. The fourth-order valence-corrected chi connectivity index (χ4v) is 7.75. The van der Waals surface area contributed by atoms with Gasteiger partial charge < -0.3 is 10.2 Å². The van der Waals surface area contributed by atoms with Crippen LogP contribution in [0.5, 0.6) is 0 Å². The van der Waals surface area contributed by atoms with E-state index in [4.69, 9.17) is 0 Å². The van der Waals surface area contributed by atoms with Crippen molar-refractivity contribution in [1.29, 1.82) is 0 Å². The van der Waals surface area contributed by atoms with E-state index in [9.17, 15) is 37.5 Å². The van der Waals surface area contributed by atoms with Gasteiger partial charge in [0.25, 0.3) is 0 Å². The first-order chi connectivity index (χ1) is 24.5. The minimum atomic E-state index is -2.92. The van der Waals surface area contributed by atoms with Gasteiger partial charge in [0.05, 0.1) is 12.2 Å². The van der Waals surface area contributed by atoms with Crippen LogP contribution in [0, 0.1) is 35.0 Å². The molecule has 4 rings (SSSR count). The zero-order chi connectivity index (χ0) is 38.3. The van der Waals surface area contributed by atoms with Gasteiger partial charge in [-0.3, -0.25) is 33.8 Å². The Kier molecular flexibility index (Phi) is 13.7. The smallest absolute Gasteiger partial charge is 0.246 e. The zero-order valence-electron chi connectivity index (χ0n) is 31.0. The lowest BCUT2D eigenvalue weighted by atomic mass is 9.82. The molecular formula is C40H52F2N4O6. The number of Topliss-reactive ketones (excluding diaryl/α,β-unsaturated/α-hetero) is 4. The van der Waals surface area contributed by atoms with E-state index >= 15 is 0 Å². The number of carbonyl (C=O) groups excluding carboxylic acids is 6. The van der Waals surface area contributed by atoms with Crippen LogP contribution in [0.2, 0.25) is 0 Å². The fraction of sp³-hybridized carbons (Fsp3) is 0.600. The van der Waals surface area contributed by atoms with Gasteiger partial charge in [-0.25, -0.2) is 13.8 Å². The Morgan fingerprint density at radius 1 is 0.942 bits per heavy atom. The lowest BCUT2D eigenvalue weighted by Gasteiger charge is -2.37. The number of aromatic nitrogens is 2. The average Bonchev–Trinajstić information content (AvgIpc) is 3.70. The topological polar surface area (TPSA) is 143 Å². The molecule has 2 amide bonds. The molecule has 7 atom stereocenters. The van der Waals surface area contributed by atoms with Crippen molar-refractivity contribution in [3.05, 3.63) is 60.2 Å². The van der Waals surface area contributed by atoms with Crippen LogP contribution in [0.15, 0.2) is 48.9 Å². The highest BCUT2D eigenvalue weighted by molar-refractivity contribution is 6.38. The molecule has 1 saturated heterocycles. The molecular weight excluding hydrogens is 670 g/mol. The number of rotatable bonds is 17. The summed E-state index contributed by atoms with van der Waals surface area (Å²) in [5.74, 6) is -6.79. The first-order valence-corrected chi connectivity index (χ1v) is 18.3. The number of hydrogen-bond donors (Lipinski definition) is 1. The Morgan fingerprint density at radius 3 is 2.23 bits per heavy atom. The number of amides is 2. The van der Waals surface area contributed by atoms with E-state index in [1.165, 1.54) is 23.5 Å². The van der Waals surface area contributed by atoms with E-state index in [0.717, 1.165) is 18.4 Å². The van der Waals surface area contributed by atoms with Crippen LogP contribution in [0.25, 0.3) is 0 Å². The van der Waals surface area contributed by atoms with Crippen molar-refractivity contribution < 1.29 is 37.5 Å². The molecule has 1 saturated carbocycles. The summed E-state index contributed by atoms with van der Waals surface area (Å²) in [5.41, 5.74) is 0.144. The first-order valence-electron chi connectivity index (χ1n) is 18.3. The predicted molar refractivity (Wildman–Crippen MR) is 190 cm³/mol. The summed E-state index contributed by atoms with van der Waals surface area (Å²) in [6, 6.07) is 7.02. The highest BCUT2D eigenvalue weighted by Crippen LogP contribution is 2.44. The van der Waals surface area contributed by atoms with Gasteiger partial charge in [-0.05, 0) is 47.5 Å². The molecule has 1 aromatic carbocycles. The van der Waals surface area contributed by atoms with Crippen LogP contribution in [0.4, 0.5) is 8.78 Å². The van der Waals surface area contributed by atoms with Crippen LogP contribution in [-0.4, -0.2) is 74.9 Å². The van der Waals surface area contributed by atoms with E-state index in [0.29, 0.717) is 6.42 Å². The van der Waals surface area contributed by atoms with Crippen LogP contribution in [0.3, 0.4) is 0 Å². The molecule has 10 nitrogen and oxygen atoms in total. The standard InChI is InChI=1S/C40H52F2N4O6/c1-23(2)29(20-31(47)30-21-43-15-16-44-30)38(51)45-37(40(4,5)6)39(52)46-22-26-13-10-14-28(26)35(46)32(48)18-27(19-34(41)42)36(50)33(49)17-24(3)25-11-8-7-9-12-25/h7-9,11-12,15-16,21,23-24,26-29,34-35,37H,10,13-14,17-20,22H2,1-6H3,(H,45,51)/t24-,26+,27?,28+,29-,35+,37-/m1/s1. The van der Waals surface area contributed by atoms with Gasteiger partial charge in [-0.2, -0.15) is 0 Å². The SMILES string of the molecule is CC(C)[C@@H](CC(=O)c1cnccn1)C(=O)N[C@H](C(=O)N1C[C@@H]2CCC[C@@H]2[C@H]1C(=O)CC(CC(F)F)C(=O)C(=O)C[C@@H](C)c1ccccc1)C(C)(C)C. The number of nitrogens with zero attached hydrogens (tertiary/aromatic N) is 3. The Balaban J connectivity index is 1.54. The Bertz CT molecular complexity index is 1600. The van der Waals surface area contributed by atoms with E-state index in [1.807, 2.05) is 44.2 Å². The maximum absolute atomic E-state index is 14.5. The van der Waals surface area contributed by atoms with Gasteiger partial charge in [0.15, 0.2) is 17.3 Å². The molecule has 282 valence electrons. The molecule has 2 heterocycles. The lowest BCUT2D eigenvalue weighted by Crippen LogP contribution is -2.58. The van der Waals surface area contributed by atoms with Crippen molar-refractivity contribution in [2.24, 2.45) is 35.0 Å². The molecule has 0 bridgehead atoms. The summed E-state index contributed by atoms with van der Waals surface area (Å²) < 4.78 is 27.7. The van der Waals surface area contributed by atoms with Crippen LogP contribution >= 0.6 is 0 Å². The second kappa shape index (κ2) is 17.5. The number of ketones is 4. The largest absolute Gasteiger partial charge is 0.344 e. The predicted octanol–water partition coefficient (Wildman–Crippen LogP) is 6.04. The molecule has 2 aliphatic rings. The summed E-state index contributed by atoms with van der Waals surface area (Å²) in [4.78, 5) is 91.4. The summed E-state index contributed by atoms with van der Waals surface area (Å²) >= 11 is 0. The van der Waals surface area contributed by atoms with Crippen molar-refractivity contribution >= 4 is 34.9 Å². The molecule has 2 fully saturated rings. The van der Waals surface area contributed by atoms with Gasteiger partial charge >= 0.3 is 0 Å². The monoisotopic (exact) mass is 722 g/mol. The highest BCUT2D eigenvalue weighted by atomic mass is 19.3. The van der Waals surface area contributed by atoms with Crippen molar-refractivity contribution in [3.8, 4) is 0 Å². The van der Waals surface area contributed by atoms with E-state index in [2.05, 4.69) is 15.3 Å². The van der Waals surface area contributed by atoms with Gasteiger partial charge in [-0.15, -0.1) is 0 Å². The highest BCUT2D eigenvalue weighted by Gasteiger charge is 2.52. The fourth-order valence-electron chi connectivity index (χ4n) is 7.75. The molecule has 1 N–H and O–H groups in total. The normalized spacial score (nSPS) is 21.0. The molecule has 1 aliphatic carbocycles. The third-order valence-electron chi connectivity index (χ3n) is 10.7. The van der Waals surface area contributed by atoms with Crippen molar-refractivity contribution in [1.82, 2.24) is 20.2 Å². The number of hydrogen-bond acceptors (Lipinski definition) is 8. The number of fused-ring (bicyclic) bond motifs is 1. The van der Waals surface area contributed by atoms with Gasteiger partial charge in [0.1, 0.15) is 11.7 Å². The minimum absolute atomic E-state index is 0.000148. The lowest BCUT2D eigenvalue weighted by molar-refractivity contribution is -0.146. The van der Waals surface area contributed by atoms with Crippen molar-refractivity contribution in [2.75, 3.05) is 6.54 Å². The maximum atomic E-state index is 14.5. The van der Waals surface area contributed by atoms with Crippen LogP contribution in [-0.2, 0) is 24.0 Å². The third-order valence-corrected chi connectivity index (χ3v) is 10.7. The van der Waals surface area contributed by atoms with Crippen LogP contribution in [0.1, 0.15) is 108 Å².